The molecule has 114 valence electrons. The zero-order valence-corrected chi connectivity index (χ0v) is 13.5. The summed E-state index contributed by atoms with van der Waals surface area (Å²) in [6.45, 7) is 8.68. The van der Waals surface area contributed by atoms with Crippen molar-refractivity contribution in [1.29, 1.82) is 0 Å². The van der Waals surface area contributed by atoms with Gasteiger partial charge in [0.15, 0.2) is 0 Å². The lowest BCUT2D eigenvalue weighted by Crippen LogP contribution is -2.31. The van der Waals surface area contributed by atoms with Gasteiger partial charge < -0.3 is 0 Å². The Kier molecular flexibility index (Phi) is 5.16. The molecule has 1 aliphatic rings. The summed E-state index contributed by atoms with van der Waals surface area (Å²) in [5, 5.41) is 4.47. The second kappa shape index (κ2) is 6.88. The average molecular weight is 286 g/mol. The third-order valence-electron chi connectivity index (χ3n) is 4.45. The van der Waals surface area contributed by atoms with E-state index in [9.17, 15) is 4.79 Å². The minimum absolute atomic E-state index is 0.110. The molecule has 0 bridgehead atoms. The van der Waals surface area contributed by atoms with Crippen LogP contribution in [0.2, 0.25) is 0 Å². The van der Waals surface area contributed by atoms with E-state index in [1.54, 1.807) is 0 Å². The predicted octanol–water partition coefficient (Wildman–Crippen LogP) is 4.17. The molecule has 0 aromatic heterocycles. The van der Waals surface area contributed by atoms with Crippen molar-refractivity contribution in [3.63, 3.8) is 0 Å². The van der Waals surface area contributed by atoms with Crippen molar-refractivity contribution in [1.82, 2.24) is 5.43 Å². The number of hydrazone groups is 1. The van der Waals surface area contributed by atoms with Crippen LogP contribution in [0.25, 0.3) is 0 Å². The van der Waals surface area contributed by atoms with Crippen molar-refractivity contribution in [3.8, 4) is 0 Å². The molecular weight excluding hydrogens is 260 g/mol. The first-order chi connectivity index (χ1) is 9.99. The molecule has 0 saturated heterocycles. The standard InChI is InChI=1S/C18H26N2O/c1-12(2)15-10-9-13(3)11-17(15)19-20-18(21)16-8-6-5-7-14(16)4/h5-8,12-13,15H,9-11H2,1-4H3,(H,20,21)/b19-17-/t13-,15+/m0/s1. The summed E-state index contributed by atoms with van der Waals surface area (Å²) in [6.07, 6.45) is 3.43. The summed E-state index contributed by atoms with van der Waals surface area (Å²) in [7, 11) is 0. The Morgan fingerprint density at radius 1 is 1.29 bits per heavy atom. The van der Waals surface area contributed by atoms with Crippen LogP contribution in [0.3, 0.4) is 0 Å². The predicted molar refractivity (Wildman–Crippen MR) is 87.4 cm³/mol. The zero-order valence-electron chi connectivity index (χ0n) is 13.5. The van der Waals surface area contributed by atoms with Crippen LogP contribution in [-0.2, 0) is 0 Å². The molecule has 0 heterocycles. The molecule has 3 heteroatoms. The Morgan fingerprint density at radius 3 is 2.67 bits per heavy atom. The van der Waals surface area contributed by atoms with Crippen molar-refractivity contribution in [3.05, 3.63) is 35.4 Å². The molecule has 0 unspecified atom stereocenters. The normalized spacial score (nSPS) is 24.3. The van der Waals surface area contributed by atoms with E-state index in [1.807, 2.05) is 31.2 Å². The summed E-state index contributed by atoms with van der Waals surface area (Å²) >= 11 is 0. The third kappa shape index (κ3) is 3.93. The van der Waals surface area contributed by atoms with Crippen LogP contribution >= 0.6 is 0 Å². The molecule has 2 atom stereocenters. The average Bonchev–Trinajstić information content (AvgIpc) is 2.45. The number of nitrogens with one attached hydrogen (secondary N) is 1. The molecule has 0 spiro atoms. The molecule has 1 aromatic carbocycles. The number of nitrogens with zero attached hydrogens (tertiary/aromatic N) is 1. The summed E-state index contributed by atoms with van der Waals surface area (Å²) in [5.74, 6) is 1.63. The van der Waals surface area contributed by atoms with Crippen LogP contribution in [0.15, 0.2) is 29.4 Å². The Labute approximate surface area is 127 Å². The Hall–Kier alpha value is -1.64. The van der Waals surface area contributed by atoms with E-state index in [0.717, 1.165) is 17.7 Å². The Balaban J connectivity index is 2.11. The number of hydrogen-bond acceptors (Lipinski definition) is 2. The van der Waals surface area contributed by atoms with Crippen molar-refractivity contribution in [2.45, 2.75) is 47.0 Å². The van der Waals surface area contributed by atoms with E-state index in [0.29, 0.717) is 23.3 Å². The largest absolute Gasteiger partial charge is 0.271 e. The number of aryl methyl sites for hydroxylation is 1. The SMILES string of the molecule is Cc1ccccc1C(=O)N/N=C1/C[C@@H](C)CC[C@@H]1C(C)C. The maximum absolute atomic E-state index is 12.2. The second-order valence-corrected chi connectivity index (χ2v) is 6.60. The second-order valence-electron chi connectivity index (χ2n) is 6.60. The lowest BCUT2D eigenvalue weighted by Gasteiger charge is -2.30. The van der Waals surface area contributed by atoms with Gasteiger partial charge in [-0.1, -0.05) is 39.0 Å². The summed E-state index contributed by atoms with van der Waals surface area (Å²) in [5.41, 5.74) is 5.60. The van der Waals surface area contributed by atoms with Crippen LogP contribution in [-0.4, -0.2) is 11.6 Å². The quantitative estimate of drug-likeness (QED) is 0.832. The smallest absolute Gasteiger partial charge is 0.267 e. The van der Waals surface area contributed by atoms with Gasteiger partial charge >= 0.3 is 0 Å². The van der Waals surface area contributed by atoms with Gasteiger partial charge in [0.1, 0.15) is 0 Å². The highest BCUT2D eigenvalue weighted by Crippen LogP contribution is 2.31. The molecule has 1 amide bonds. The van der Waals surface area contributed by atoms with Crippen molar-refractivity contribution < 1.29 is 4.79 Å². The van der Waals surface area contributed by atoms with Crippen LogP contribution in [0.5, 0.6) is 0 Å². The van der Waals surface area contributed by atoms with E-state index in [1.165, 1.54) is 12.8 Å². The fraction of sp³-hybridized carbons (Fsp3) is 0.556. The number of hydrogen-bond donors (Lipinski definition) is 1. The molecule has 1 saturated carbocycles. The van der Waals surface area contributed by atoms with Gasteiger partial charge in [-0.2, -0.15) is 5.10 Å². The monoisotopic (exact) mass is 286 g/mol. The molecule has 21 heavy (non-hydrogen) atoms. The lowest BCUT2D eigenvalue weighted by atomic mass is 9.76. The van der Waals surface area contributed by atoms with Gasteiger partial charge in [-0.15, -0.1) is 0 Å². The van der Waals surface area contributed by atoms with Gasteiger partial charge in [-0.05, 0) is 49.7 Å². The maximum Gasteiger partial charge on any atom is 0.271 e. The van der Waals surface area contributed by atoms with Crippen molar-refractivity contribution in [2.24, 2.45) is 22.9 Å². The van der Waals surface area contributed by atoms with Gasteiger partial charge in [0.2, 0.25) is 0 Å². The number of carbonyl (C=O) groups is 1. The number of benzene rings is 1. The molecule has 1 N–H and O–H groups in total. The molecule has 0 radical (unpaired) electrons. The highest BCUT2D eigenvalue weighted by atomic mass is 16.2. The van der Waals surface area contributed by atoms with E-state index in [4.69, 9.17) is 0 Å². The van der Waals surface area contributed by atoms with Gasteiger partial charge in [-0.3, -0.25) is 4.79 Å². The molecular formula is C18H26N2O. The van der Waals surface area contributed by atoms with Gasteiger partial charge in [0, 0.05) is 17.2 Å². The van der Waals surface area contributed by atoms with Crippen molar-refractivity contribution in [2.75, 3.05) is 0 Å². The highest BCUT2D eigenvalue weighted by Gasteiger charge is 2.27. The number of rotatable bonds is 3. The summed E-state index contributed by atoms with van der Waals surface area (Å²) in [6, 6.07) is 7.61. The minimum atomic E-state index is -0.110. The number of amides is 1. The van der Waals surface area contributed by atoms with E-state index < -0.39 is 0 Å². The topological polar surface area (TPSA) is 41.5 Å². The van der Waals surface area contributed by atoms with Gasteiger partial charge in [0.25, 0.3) is 5.91 Å². The van der Waals surface area contributed by atoms with E-state index in [-0.39, 0.29) is 5.91 Å². The molecule has 2 rings (SSSR count). The molecule has 1 aliphatic carbocycles. The number of carbonyl (C=O) groups excluding carboxylic acids is 1. The minimum Gasteiger partial charge on any atom is -0.267 e. The summed E-state index contributed by atoms with van der Waals surface area (Å²) in [4.78, 5) is 12.2. The first-order valence-corrected chi connectivity index (χ1v) is 7.91. The van der Waals surface area contributed by atoms with Crippen LogP contribution < -0.4 is 5.43 Å². The van der Waals surface area contributed by atoms with Crippen LogP contribution in [0, 0.1) is 24.7 Å². The summed E-state index contributed by atoms with van der Waals surface area (Å²) < 4.78 is 0. The molecule has 1 aromatic rings. The van der Waals surface area contributed by atoms with Crippen LogP contribution in [0.1, 0.15) is 56.0 Å². The fourth-order valence-corrected chi connectivity index (χ4v) is 3.10. The van der Waals surface area contributed by atoms with Crippen molar-refractivity contribution >= 4 is 11.6 Å². The van der Waals surface area contributed by atoms with Crippen LogP contribution in [0.4, 0.5) is 0 Å². The molecule has 0 aliphatic heterocycles. The fourth-order valence-electron chi connectivity index (χ4n) is 3.10. The molecule has 1 fully saturated rings. The first kappa shape index (κ1) is 15.7. The van der Waals surface area contributed by atoms with E-state index in [2.05, 4.69) is 31.3 Å². The third-order valence-corrected chi connectivity index (χ3v) is 4.45. The maximum atomic E-state index is 12.2. The Bertz CT molecular complexity index is 534. The Morgan fingerprint density at radius 2 is 2.00 bits per heavy atom. The van der Waals surface area contributed by atoms with E-state index >= 15 is 0 Å². The first-order valence-electron chi connectivity index (χ1n) is 7.91. The zero-order chi connectivity index (χ0) is 15.4. The highest BCUT2D eigenvalue weighted by molar-refractivity contribution is 5.97. The molecule has 3 nitrogen and oxygen atoms in total. The van der Waals surface area contributed by atoms with Gasteiger partial charge in [-0.25, -0.2) is 5.43 Å². The van der Waals surface area contributed by atoms with Gasteiger partial charge in [0.05, 0.1) is 0 Å². The lowest BCUT2D eigenvalue weighted by molar-refractivity contribution is 0.0953.